The highest BCUT2D eigenvalue weighted by molar-refractivity contribution is 5.82. The molecule has 0 aliphatic carbocycles. The highest BCUT2D eigenvalue weighted by Crippen LogP contribution is 2.24. The van der Waals surface area contributed by atoms with E-state index in [-0.39, 0.29) is 0 Å². The van der Waals surface area contributed by atoms with Gasteiger partial charge in [-0.1, -0.05) is 30.3 Å². The quantitative estimate of drug-likeness (QED) is 0.572. The molecule has 4 nitrogen and oxygen atoms in total. The zero-order chi connectivity index (χ0) is 15.5. The Labute approximate surface area is 134 Å². The molecule has 112 valence electrons. The normalized spacial score (nSPS) is 10.8. The second-order valence-corrected chi connectivity index (χ2v) is 5.23. The number of hydrogen-bond donors (Lipinski definition) is 0. The third-order valence-electron chi connectivity index (χ3n) is 3.68. The third kappa shape index (κ3) is 2.79. The van der Waals surface area contributed by atoms with E-state index in [2.05, 4.69) is 22.1 Å². The molecule has 0 atom stereocenters. The van der Waals surface area contributed by atoms with Crippen molar-refractivity contribution in [3.05, 3.63) is 84.8 Å². The molecule has 0 aliphatic heterocycles. The van der Waals surface area contributed by atoms with E-state index in [1.807, 2.05) is 59.3 Å². The number of benzene rings is 2. The zero-order valence-electron chi connectivity index (χ0n) is 12.5. The molecule has 0 unspecified atom stereocenters. The standard InChI is InChI=1S/C19H15N3O/c1-2-5-15(6-3-1)14-23-17-7-8-18-16(13-17)9-12-22(18)19-20-10-4-11-21-19/h1-13H,14H2. The van der Waals surface area contributed by atoms with Gasteiger partial charge in [-0.3, -0.25) is 4.57 Å². The van der Waals surface area contributed by atoms with E-state index in [0.717, 1.165) is 22.2 Å². The molecule has 0 saturated carbocycles. The maximum absolute atomic E-state index is 5.87. The Balaban J connectivity index is 1.60. The topological polar surface area (TPSA) is 39.9 Å². The molecule has 0 radical (unpaired) electrons. The molecule has 0 saturated heterocycles. The second-order valence-electron chi connectivity index (χ2n) is 5.23. The van der Waals surface area contributed by atoms with Crippen molar-refractivity contribution in [2.24, 2.45) is 0 Å². The highest BCUT2D eigenvalue weighted by atomic mass is 16.5. The average molecular weight is 301 g/mol. The number of nitrogens with zero attached hydrogens (tertiary/aromatic N) is 3. The Kier molecular flexibility index (Phi) is 3.48. The number of ether oxygens (including phenoxy) is 1. The van der Waals surface area contributed by atoms with Gasteiger partial charge in [0.05, 0.1) is 5.52 Å². The summed E-state index contributed by atoms with van der Waals surface area (Å²) >= 11 is 0. The maximum atomic E-state index is 5.87. The summed E-state index contributed by atoms with van der Waals surface area (Å²) < 4.78 is 7.84. The second kappa shape index (κ2) is 5.93. The minimum Gasteiger partial charge on any atom is -0.489 e. The van der Waals surface area contributed by atoms with E-state index < -0.39 is 0 Å². The van der Waals surface area contributed by atoms with Crippen molar-refractivity contribution in [3.8, 4) is 11.7 Å². The molecule has 0 spiro atoms. The first kappa shape index (κ1) is 13.5. The molecule has 0 aliphatic rings. The average Bonchev–Trinajstić information content (AvgIpc) is 3.05. The fourth-order valence-corrected chi connectivity index (χ4v) is 2.54. The lowest BCUT2D eigenvalue weighted by molar-refractivity contribution is 0.306. The molecule has 2 aromatic heterocycles. The van der Waals surface area contributed by atoms with E-state index in [1.54, 1.807) is 12.4 Å². The summed E-state index contributed by atoms with van der Waals surface area (Å²) in [6.45, 7) is 0.564. The molecule has 0 bridgehead atoms. The Hall–Kier alpha value is -3.14. The summed E-state index contributed by atoms with van der Waals surface area (Å²) in [6.07, 6.45) is 5.46. The largest absolute Gasteiger partial charge is 0.489 e. The van der Waals surface area contributed by atoms with Gasteiger partial charge in [-0.05, 0) is 35.9 Å². The van der Waals surface area contributed by atoms with E-state index >= 15 is 0 Å². The fraction of sp³-hybridized carbons (Fsp3) is 0.0526. The first-order chi connectivity index (χ1) is 11.4. The Morgan fingerprint density at radius 2 is 1.70 bits per heavy atom. The highest BCUT2D eigenvalue weighted by Gasteiger charge is 2.06. The van der Waals surface area contributed by atoms with E-state index in [4.69, 9.17) is 4.74 Å². The number of rotatable bonds is 4. The number of fused-ring (bicyclic) bond motifs is 1. The van der Waals surface area contributed by atoms with Crippen molar-refractivity contribution in [2.45, 2.75) is 6.61 Å². The van der Waals surface area contributed by atoms with Crippen LogP contribution >= 0.6 is 0 Å². The van der Waals surface area contributed by atoms with Gasteiger partial charge in [-0.25, -0.2) is 9.97 Å². The maximum Gasteiger partial charge on any atom is 0.234 e. The molecular weight excluding hydrogens is 286 g/mol. The van der Waals surface area contributed by atoms with Crippen LogP contribution in [0.4, 0.5) is 0 Å². The SMILES string of the molecule is c1ccc(COc2ccc3c(ccn3-c3ncccn3)c2)cc1. The Morgan fingerprint density at radius 1 is 0.870 bits per heavy atom. The van der Waals surface area contributed by atoms with Crippen molar-refractivity contribution >= 4 is 10.9 Å². The van der Waals surface area contributed by atoms with Gasteiger partial charge in [-0.2, -0.15) is 0 Å². The van der Waals surface area contributed by atoms with Gasteiger partial charge in [-0.15, -0.1) is 0 Å². The smallest absolute Gasteiger partial charge is 0.234 e. The predicted octanol–water partition coefficient (Wildman–Crippen LogP) is 4.00. The molecule has 2 aromatic carbocycles. The third-order valence-corrected chi connectivity index (χ3v) is 3.68. The van der Waals surface area contributed by atoms with Crippen LogP contribution in [0.3, 0.4) is 0 Å². The van der Waals surface area contributed by atoms with Crippen molar-refractivity contribution < 1.29 is 4.74 Å². The van der Waals surface area contributed by atoms with Crippen LogP contribution < -0.4 is 4.74 Å². The fourth-order valence-electron chi connectivity index (χ4n) is 2.54. The molecule has 23 heavy (non-hydrogen) atoms. The van der Waals surface area contributed by atoms with Gasteiger partial charge in [0, 0.05) is 24.0 Å². The number of aromatic nitrogens is 3. The van der Waals surface area contributed by atoms with Gasteiger partial charge in [0.25, 0.3) is 0 Å². The summed E-state index contributed by atoms with van der Waals surface area (Å²) in [7, 11) is 0. The van der Waals surface area contributed by atoms with Crippen LogP contribution in [0.2, 0.25) is 0 Å². The van der Waals surface area contributed by atoms with Gasteiger partial charge >= 0.3 is 0 Å². The minimum atomic E-state index is 0.564. The lowest BCUT2D eigenvalue weighted by atomic mass is 10.2. The monoisotopic (exact) mass is 301 g/mol. The predicted molar refractivity (Wildman–Crippen MR) is 89.6 cm³/mol. The minimum absolute atomic E-state index is 0.564. The lowest BCUT2D eigenvalue weighted by Gasteiger charge is -2.07. The number of hydrogen-bond acceptors (Lipinski definition) is 3. The van der Waals surface area contributed by atoms with Gasteiger partial charge < -0.3 is 4.74 Å². The van der Waals surface area contributed by atoms with Crippen LogP contribution in [-0.2, 0) is 6.61 Å². The summed E-state index contributed by atoms with van der Waals surface area (Å²) in [5, 5.41) is 1.10. The van der Waals surface area contributed by atoms with Crippen LogP contribution in [-0.4, -0.2) is 14.5 Å². The van der Waals surface area contributed by atoms with E-state index in [9.17, 15) is 0 Å². The molecule has 2 heterocycles. The molecule has 4 heteroatoms. The van der Waals surface area contributed by atoms with Gasteiger partial charge in [0.2, 0.25) is 5.95 Å². The van der Waals surface area contributed by atoms with Gasteiger partial charge in [0.15, 0.2) is 0 Å². The van der Waals surface area contributed by atoms with Crippen LogP contribution in [0.1, 0.15) is 5.56 Å². The molecular formula is C19H15N3O. The summed E-state index contributed by atoms with van der Waals surface area (Å²) in [4.78, 5) is 8.58. The lowest BCUT2D eigenvalue weighted by Crippen LogP contribution is -1.98. The molecule has 4 rings (SSSR count). The van der Waals surface area contributed by atoms with Gasteiger partial charge in [0.1, 0.15) is 12.4 Å². The van der Waals surface area contributed by atoms with Crippen molar-refractivity contribution in [1.29, 1.82) is 0 Å². The first-order valence-electron chi connectivity index (χ1n) is 7.45. The van der Waals surface area contributed by atoms with Crippen LogP contribution in [0.25, 0.3) is 16.9 Å². The van der Waals surface area contributed by atoms with Crippen LogP contribution in [0.5, 0.6) is 5.75 Å². The summed E-state index contributed by atoms with van der Waals surface area (Å²) in [6, 6.07) is 20.1. The van der Waals surface area contributed by atoms with Crippen molar-refractivity contribution in [3.63, 3.8) is 0 Å². The van der Waals surface area contributed by atoms with E-state index in [1.165, 1.54) is 0 Å². The molecule has 4 aromatic rings. The van der Waals surface area contributed by atoms with E-state index in [0.29, 0.717) is 12.6 Å². The first-order valence-corrected chi connectivity index (χ1v) is 7.45. The van der Waals surface area contributed by atoms with Crippen molar-refractivity contribution in [1.82, 2.24) is 14.5 Å². The summed E-state index contributed by atoms with van der Waals surface area (Å²) in [5.41, 5.74) is 2.21. The van der Waals surface area contributed by atoms with Crippen molar-refractivity contribution in [2.75, 3.05) is 0 Å². The van der Waals surface area contributed by atoms with Crippen LogP contribution in [0, 0.1) is 0 Å². The molecule has 0 fully saturated rings. The molecule has 0 N–H and O–H groups in total. The zero-order valence-corrected chi connectivity index (χ0v) is 12.5. The Morgan fingerprint density at radius 3 is 2.52 bits per heavy atom. The molecule has 0 amide bonds. The summed E-state index contributed by atoms with van der Waals surface area (Å²) in [5.74, 6) is 1.52. The Bertz CT molecular complexity index is 917. The van der Waals surface area contributed by atoms with Crippen LogP contribution in [0.15, 0.2) is 79.3 Å².